The summed E-state index contributed by atoms with van der Waals surface area (Å²) in [6.07, 6.45) is 5.45. The number of amides is 1. The average Bonchev–Trinajstić information content (AvgIpc) is 2.82. The number of nitrogens with zero attached hydrogens (tertiary/aromatic N) is 5. The zero-order valence-corrected chi connectivity index (χ0v) is 18.1. The topological polar surface area (TPSA) is 127 Å². The standard InChI is InChI=1S/C22H27N7O3/c1-15-18(14-25-27-22(15)31)26-17-3-4-19(17)32-11-6-21(30)29-9-7-28(8-10-29)20-5-2-16(12-23)13-24-20/h2,5,13-14,17,19H,3-4,6-11H2,1H3,(H2,26,27,31)/t17-,19+/m1/s1. The molecule has 0 radical (unpaired) electrons. The van der Waals surface area contributed by atoms with Crippen LogP contribution in [-0.2, 0) is 9.53 Å². The molecule has 1 saturated carbocycles. The van der Waals surface area contributed by atoms with E-state index in [1.165, 1.54) is 0 Å². The maximum absolute atomic E-state index is 12.6. The number of pyridine rings is 1. The molecule has 168 valence electrons. The van der Waals surface area contributed by atoms with E-state index < -0.39 is 0 Å². The van der Waals surface area contributed by atoms with Crippen LogP contribution in [0.4, 0.5) is 11.5 Å². The quantitative estimate of drug-likeness (QED) is 0.658. The first-order valence-corrected chi connectivity index (χ1v) is 10.9. The highest BCUT2D eigenvalue weighted by molar-refractivity contribution is 5.76. The van der Waals surface area contributed by atoms with Crippen LogP contribution in [0.3, 0.4) is 0 Å². The number of nitrogens with one attached hydrogen (secondary N) is 2. The van der Waals surface area contributed by atoms with Crippen molar-refractivity contribution < 1.29 is 9.53 Å². The van der Waals surface area contributed by atoms with Crippen molar-refractivity contribution in [2.24, 2.45) is 0 Å². The predicted octanol–water partition coefficient (Wildman–Crippen LogP) is 1.04. The van der Waals surface area contributed by atoms with Gasteiger partial charge in [0.15, 0.2) is 0 Å². The van der Waals surface area contributed by atoms with Crippen LogP contribution < -0.4 is 15.8 Å². The van der Waals surface area contributed by atoms with E-state index >= 15 is 0 Å². The molecule has 0 aromatic carbocycles. The molecule has 2 N–H and O–H groups in total. The first-order valence-electron chi connectivity index (χ1n) is 10.9. The van der Waals surface area contributed by atoms with E-state index in [-0.39, 0.29) is 23.6 Å². The summed E-state index contributed by atoms with van der Waals surface area (Å²) in [6, 6.07) is 5.79. The van der Waals surface area contributed by atoms with E-state index in [1.54, 1.807) is 25.4 Å². The summed E-state index contributed by atoms with van der Waals surface area (Å²) < 4.78 is 5.94. The molecule has 0 bridgehead atoms. The van der Waals surface area contributed by atoms with Crippen molar-refractivity contribution in [1.29, 1.82) is 5.26 Å². The summed E-state index contributed by atoms with van der Waals surface area (Å²) in [6.45, 7) is 4.85. The van der Waals surface area contributed by atoms with Crippen molar-refractivity contribution in [1.82, 2.24) is 20.1 Å². The average molecular weight is 438 g/mol. The second-order valence-corrected chi connectivity index (χ2v) is 8.11. The highest BCUT2D eigenvalue weighted by atomic mass is 16.5. The molecule has 10 heteroatoms. The minimum atomic E-state index is -0.201. The molecule has 1 amide bonds. The van der Waals surface area contributed by atoms with Crippen LogP contribution in [-0.4, -0.2) is 70.9 Å². The maximum Gasteiger partial charge on any atom is 0.269 e. The molecule has 1 saturated heterocycles. The molecule has 2 atom stereocenters. The SMILES string of the molecule is Cc1c(N[C@@H]2CC[C@@H]2OCCC(=O)N2CCN(c3ccc(C#N)cn3)CC2)cn[nH]c1=O. The number of carbonyl (C=O) groups is 1. The number of anilines is 2. The number of hydrogen-bond acceptors (Lipinski definition) is 8. The minimum Gasteiger partial charge on any atom is -0.378 e. The Kier molecular flexibility index (Phi) is 6.66. The molecule has 0 spiro atoms. The van der Waals surface area contributed by atoms with Crippen LogP contribution in [0.5, 0.6) is 0 Å². The molecule has 10 nitrogen and oxygen atoms in total. The van der Waals surface area contributed by atoms with E-state index in [4.69, 9.17) is 10.00 Å². The molecule has 32 heavy (non-hydrogen) atoms. The van der Waals surface area contributed by atoms with Gasteiger partial charge in [0.05, 0.1) is 42.6 Å². The smallest absolute Gasteiger partial charge is 0.269 e. The lowest BCUT2D eigenvalue weighted by molar-refractivity contribution is -0.133. The molecule has 2 aromatic rings. The third-order valence-corrected chi connectivity index (χ3v) is 6.14. The number of H-pyrrole nitrogens is 1. The van der Waals surface area contributed by atoms with Crippen LogP contribution in [0.1, 0.15) is 30.4 Å². The summed E-state index contributed by atoms with van der Waals surface area (Å²) in [5, 5.41) is 18.5. The van der Waals surface area contributed by atoms with E-state index in [2.05, 4.69) is 31.5 Å². The lowest BCUT2D eigenvalue weighted by atomic mass is 9.88. The van der Waals surface area contributed by atoms with Gasteiger partial charge in [-0.2, -0.15) is 10.4 Å². The Bertz CT molecular complexity index is 1040. The van der Waals surface area contributed by atoms with Gasteiger partial charge in [-0.25, -0.2) is 10.1 Å². The molecular formula is C22H27N7O3. The Morgan fingerprint density at radius 3 is 2.75 bits per heavy atom. The van der Waals surface area contributed by atoms with Crippen molar-refractivity contribution >= 4 is 17.4 Å². The minimum absolute atomic E-state index is 0.0285. The Morgan fingerprint density at radius 2 is 2.09 bits per heavy atom. The lowest BCUT2D eigenvalue weighted by Gasteiger charge is -2.38. The lowest BCUT2D eigenvalue weighted by Crippen LogP contribution is -2.49. The van der Waals surface area contributed by atoms with Gasteiger partial charge < -0.3 is 19.9 Å². The van der Waals surface area contributed by atoms with Crippen molar-refractivity contribution in [2.45, 2.75) is 38.3 Å². The fourth-order valence-corrected chi connectivity index (χ4v) is 3.92. The van der Waals surface area contributed by atoms with Gasteiger partial charge in [-0.3, -0.25) is 9.59 Å². The number of ether oxygens (including phenoxy) is 1. The van der Waals surface area contributed by atoms with E-state index in [1.807, 2.05) is 11.0 Å². The molecule has 1 aliphatic heterocycles. The molecule has 4 rings (SSSR count). The zero-order valence-electron chi connectivity index (χ0n) is 18.1. The highest BCUT2D eigenvalue weighted by Gasteiger charge is 2.32. The normalized spacial score (nSPS) is 20.4. The van der Waals surface area contributed by atoms with Crippen LogP contribution in [0.15, 0.2) is 29.3 Å². The third kappa shape index (κ3) is 4.89. The van der Waals surface area contributed by atoms with Gasteiger partial charge in [-0.15, -0.1) is 0 Å². The Morgan fingerprint density at radius 1 is 1.28 bits per heavy atom. The summed E-state index contributed by atoms with van der Waals surface area (Å²) in [7, 11) is 0. The molecule has 1 aliphatic carbocycles. The monoisotopic (exact) mass is 437 g/mol. The van der Waals surface area contributed by atoms with Gasteiger partial charge >= 0.3 is 0 Å². The van der Waals surface area contributed by atoms with Crippen LogP contribution in [0, 0.1) is 18.3 Å². The van der Waals surface area contributed by atoms with E-state index in [0.29, 0.717) is 50.3 Å². The molecule has 2 aromatic heterocycles. The maximum atomic E-state index is 12.6. The number of carbonyl (C=O) groups excluding carboxylic acids is 1. The van der Waals surface area contributed by atoms with E-state index in [9.17, 15) is 9.59 Å². The molecule has 3 heterocycles. The number of rotatable bonds is 7. The Hall–Kier alpha value is -3.45. The molecule has 2 aliphatic rings. The van der Waals surface area contributed by atoms with Gasteiger partial charge in [0.2, 0.25) is 5.91 Å². The van der Waals surface area contributed by atoms with Crippen LogP contribution in [0.25, 0.3) is 0 Å². The second-order valence-electron chi connectivity index (χ2n) is 8.11. The summed E-state index contributed by atoms with van der Waals surface area (Å²) in [5.74, 6) is 0.921. The van der Waals surface area contributed by atoms with E-state index in [0.717, 1.165) is 24.3 Å². The van der Waals surface area contributed by atoms with Gasteiger partial charge in [0.25, 0.3) is 5.56 Å². The zero-order chi connectivity index (χ0) is 22.5. The first-order chi connectivity index (χ1) is 15.5. The number of aromatic nitrogens is 3. The van der Waals surface area contributed by atoms with Gasteiger partial charge in [-0.1, -0.05) is 0 Å². The molecule has 2 fully saturated rings. The van der Waals surface area contributed by atoms with Gasteiger partial charge in [0.1, 0.15) is 11.9 Å². The second kappa shape index (κ2) is 9.78. The highest BCUT2D eigenvalue weighted by Crippen LogP contribution is 2.27. The number of aromatic amines is 1. The third-order valence-electron chi connectivity index (χ3n) is 6.14. The summed E-state index contributed by atoms with van der Waals surface area (Å²) in [5.41, 5.74) is 1.66. The molecular weight excluding hydrogens is 410 g/mol. The first kappa shape index (κ1) is 21.8. The fraction of sp³-hybridized carbons (Fsp3) is 0.500. The predicted molar refractivity (Wildman–Crippen MR) is 118 cm³/mol. The van der Waals surface area contributed by atoms with Gasteiger partial charge in [0, 0.05) is 37.9 Å². The van der Waals surface area contributed by atoms with Crippen molar-refractivity contribution in [2.75, 3.05) is 43.0 Å². The summed E-state index contributed by atoms with van der Waals surface area (Å²) in [4.78, 5) is 32.6. The number of nitriles is 1. The van der Waals surface area contributed by atoms with Crippen molar-refractivity contribution in [3.8, 4) is 6.07 Å². The molecule has 0 unspecified atom stereocenters. The fourth-order valence-electron chi connectivity index (χ4n) is 3.92. The van der Waals surface area contributed by atoms with Crippen LogP contribution >= 0.6 is 0 Å². The number of piperazine rings is 1. The number of hydrogen-bond donors (Lipinski definition) is 2. The van der Waals surface area contributed by atoms with Gasteiger partial charge in [-0.05, 0) is 31.9 Å². The largest absolute Gasteiger partial charge is 0.378 e. The Balaban J connectivity index is 1.18. The van der Waals surface area contributed by atoms with Crippen molar-refractivity contribution in [3.05, 3.63) is 46.0 Å². The Labute approximate surface area is 186 Å². The summed E-state index contributed by atoms with van der Waals surface area (Å²) >= 11 is 0. The van der Waals surface area contributed by atoms with Crippen molar-refractivity contribution in [3.63, 3.8) is 0 Å². The van der Waals surface area contributed by atoms with Crippen LogP contribution in [0.2, 0.25) is 0 Å².